The number of esters is 1. The maximum Gasteiger partial charge on any atom is 0.359 e. The molecule has 1 N–H and O–H groups in total. The number of benzene rings is 1. The van der Waals surface area contributed by atoms with Crippen molar-refractivity contribution in [2.75, 3.05) is 5.32 Å². The van der Waals surface area contributed by atoms with Gasteiger partial charge in [0, 0.05) is 0 Å². The number of ether oxygens (including phenoxy) is 1. The van der Waals surface area contributed by atoms with Gasteiger partial charge in [-0.25, -0.2) is 22.9 Å². The molecular weight excluding hydrogens is 384 g/mol. The third kappa shape index (κ3) is 4.40. The minimum absolute atomic E-state index is 0.0164. The normalized spacial score (nSPS) is 11.8. The van der Waals surface area contributed by atoms with Gasteiger partial charge in [-0.3, -0.25) is 4.79 Å². The van der Waals surface area contributed by atoms with Crippen LogP contribution in [-0.2, 0) is 9.53 Å². The summed E-state index contributed by atoms with van der Waals surface area (Å²) in [5.41, 5.74) is -0.918. The van der Waals surface area contributed by atoms with E-state index in [9.17, 15) is 22.8 Å². The van der Waals surface area contributed by atoms with Crippen LogP contribution in [0.3, 0.4) is 0 Å². The summed E-state index contributed by atoms with van der Waals surface area (Å²) in [6, 6.07) is 4.13. The van der Waals surface area contributed by atoms with Crippen LogP contribution in [0.1, 0.15) is 17.4 Å². The molecule has 1 aromatic heterocycles. The molecule has 0 fully saturated rings. The Labute approximate surface area is 149 Å². The first kappa shape index (κ1) is 19.0. The first-order valence-electron chi connectivity index (χ1n) is 6.68. The molecule has 0 saturated carbocycles. The molecule has 1 atom stereocenters. The van der Waals surface area contributed by atoms with Gasteiger partial charge in [-0.05, 0) is 31.2 Å². The summed E-state index contributed by atoms with van der Waals surface area (Å²) in [7, 11) is 0. The first-order valence-corrected chi connectivity index (χ1v) is 7.43. The molecule has 0 aliphatic rings. The molecule has 0 saturated heterocycles. The number of nitrogens with one attached hydrogen (secondary N) is 1. The average molecular weight is 393 g/mol. The summed E-state index contributed by atoms with van der Waals surface area (Å²) in [6.45, 7) is 1.18. The summed E-state index contributed by atoms with van der Waals surface area (Å²) in [5.74, 6) is -6.74. The van der Waals surface area contributed by atoms with Crippen LogP contribution in [0.25, 0.3) is 0 Å². The number of hydrogen-bond acceptors (Lipinski definition) is 4. The second-order valence-corrected chi connectivity index (χ2v) is 5.52. The maximum absolute atomic E-state index is 13.5. The minimum atomic E-state index is -1.74. The Morgan fingerprint density at radius 2 is 1.80 bits per heavy atom. The topological polar surface area (TPSA) is 68.3 Å². The van der Waals surface area contributed by atoms with Crippen molar-refractivity contribution in [3.05, 3.63) is 57.6 Å². The maximum atomic E-state index is 13.5. The van der Waals surface area contributed by atoms with Gasteiger partial charge in [0.1, 0.15) is 5.15 Å². The number of carbonyl (C=O) groups excluding carboxylic acids is 2. The highest BCUT2D eigenvalue weighted by molar-refractivity contribution is 6.34. The second-order valence-electron chi connectivity index (χ2n) is 4.72. The number of rotatable bonds is 4. The fraction of sp³-hybridized carbons (Fsp3) is 0.133. The Bertz CT molecular complexity index is 849. The molecule has 1 heterocycles. The fourth-order valence-electron chi connectivity index (χ4n) is 1.69. The Hall–Kier alpha value is -2.32. The van der Waals surface area contributed by atoms with E-state index in [1.54, 1.807) is 0 Å². The van der Waals surface area contributed by atoms with Gasteiger partial charge in [-0.2, -0.15) is 0 Å². The number of nitrogens with zero attached hydrogens (tertiary/aromatic N) is 1. The van der Waals surface area contributed by atoms with Gasteiger partial charge in [0.25, 0.3) is 5.91 Å². The average Bonchev–Trinajstić information content (AvgIpc) is 2.57. The number of pyridine rings is 1. The van der Waals surface area contributed by atoms with E-state index in [0.717, 1.165) is 6.07 Å². The Morgan fingerprint density at radius 3 is 2.48 bits per heavy atom. The third-order valence-corrected chi connectivity index (χ3v) is 3.47. The van der Waals surface area contributed by atoms with E-state index in [2.05, 4.69) is 4.98 Å². The number of amides is 1. The summed E-state index contributed by atoms with van der Waals surface area (Å²) < 4.78 is 44.4. The van der Waals surface area contributed by atoms with Crippen molar-refractivity contribution in [1.29, 1.82) is 0 Å². The zero-order valence-electron chi connectivity index (χ0n) is 12.4. The molecular formula is C15H9Cl2F3N2O3. The van der Waals surface area contributed by atoms with Crippen LogP contribution in [0.2, 0.25) is 10.2 Å². The fourth-order valence-corrected chi connectivity index (χ4v) is 2.02. The highest BCUT2D eigenvalue weighted by Crippen LogP contribution is 2.21. The van der Waals surface area contributed by atoms with Crippen LogP contribution in [0, 0.1) is 17.5 Å². The molecule has 2 rings (SSSR count). The molecule has 25 heavy (non-hydrogen) atoms. The van der Waals surface area contributed by atoms with E-state index >= 15 is 0 Å². The van der Waals surface area contributed by atoms with Crippen molar-refractivity contribution in [2.45, 2.75) is 13.0 Å². The summed E-state index contributed by atoms with van der Waals surface area (Å²) in [4.78, 5) is 27.6. The predicted molar refractivity (Wildman–Crippen MR) is 84.1 cm³/mol. The standard InChI is InChI=1S/C15H9Cl2F3N2O3/c1-6(25-15(24)13-7(16)2-5-10(17)22-13)14(23)21-9-4-3-8(18)11(19)12(9)20/h2-6H,1H3,(H,21,23). The van der Waals surface area contributed by atoms with E-state index in [1.807, 2.05) is 5.32 Å². The van der Waals surface area contributed by atoms with Crippen molar-refractivity contribution in [1.82, 2.24) is 4.98 Å². The van der Waals surface area contributed by atoms with Gasteiger partial charge in [-0.15, -0.1) is 0 Å². The van der Waals surface area contributed by atoms with Gasteiger partial charge in [-0.1, -0.05) is 23.2 Å². The van der Waals surface area contributed by atoms with Crippen molar-refractivity contribution >= 4 is 40.8 Å². The molecule has 10 heteroatoms. The SMILES string of the molecule is CC(OC(=O)c1nc(Cl)ccc1Cl)C(=O)Nc1ccc(F)c(F)c1F. The smallest absolute Gasteiger partial charge is 0.359 e. The molecule has 132 valence electrons. The van der Waals surface area contributed by atoms with Crippen LogP contribution in [0.4, 0.5) is 18.9 Å². The number of carbonyl (C=O) groups is 2. The van der Waals surface area contributed by atoms with Crippen molar-refractivity contribution in [3.63, 3.8) is 0 Å². The Kier molecular flexibility index (Phi) is 5.86. The molecule has 0 bridgehead atoms. The zero-order chi connectivity index (χ0) is 18.7. The van der Waals surface area contributed by atoms with Crippen molar-refractivity contribution in [3.8, 4) is 0 Å². The van der Waals surface area contributed by atoms with Crippen molar-refractivity contribution < 1.29 is 27.5 Å². The molecule has 1 amide bonds. The van der Waals surface area contributed by atoms with E-state index in [4.69, 9.17) is 27.9 Å². The van der Waals surface area contributed by atoms with Crippen LogP contribution < -0.4 is 5.32 Å². The van der Waals surface area contributed by atoms with Crippen LogP contribution >= 0.6 is 23.2 Å². The summed E-state index contributed by atoms with van der Waals surface area (Å²) in [6.07, 6.45) is -1.41. The quantitative estimate of drug-likeness (QED) is 0.485. The van der Waals surface area contributed by atoms with E-state index in [1.165, 1.54) is 19.1 Å². The molecule has 0 aliphatic heterocycles. The van der Waals surface area contributed by atoms with Gasteiger partial charge in [0.15, 0.2) is 29.2 Å². The highest BCUT2D eigenvalue weighted by atomic mass is 35.5. The Balaban J connectivity index is 2.09. The zero-order valence-corrected chi connectivity index (χ0v) is 14.0. The van der Waals surface area contributed by atoms with Gasteiger partial charge in [0.2, 0.25) is 0 Å². The molecule has 1 aromatic carbocycles. The van der Waals surface area contributed by atoms with Crippen LogP contribution in [-0.4, -0.2) is 23.0 Å². The number of halogens is 5. The lowest BCUT2D eigenvalue weighted by atomic mass is 10.2. The Morgan fingerprint density at radius 1 is 1.12 bits per heavy atom. The molecule has 1 unspecified atom stereocenters. The largest absolute Gasteiger partial charge is 0.448 e. The molecule has 2 aromatic rings. The first-order chi connectivity index (χ1) is 11.7. The van der Waals surface area contributed by atoms with E-state index in [0.29, 0.717) is 6.07 Å². The lowest BCUT2D eigenvalue weighted by molar-refractivity contribution is -0.123. The number of hydrogen-bond donors (Lipinski definition) is 1. The van der Waals surface area contributed by atoms with Crippen LogP contribution in [0.15, 0.2) is 24.3 Å². The third-order valence-electron chi connectivity index (χ3n) is 2.95. The van der Waals surface area contributed by atoms with Gasteiger partial charge < -0.3 is 10.1 Å². The monoisotopic (exact) mass is 392 g/mol. The lowest BCUT2D eigenvalue weighted by Gasteiger charge is -2.14. The van der Waals surface area contributed by atoms with E-state index in [-0.39, 0.29) is 15.9 Å². The summed E-state index contributed by atoms with van der Waals surface area (Å²) in [5, 5.41) is 1.92. The minimum Gasteiger partial charge on any atom is -0.448 e. The number of anilines is 1. The molecule has 0 radical (unpaired) electrons. The lowest BCUT2D eigenvalue weighted by Crippen LogP contribution is -2.30. The predicted octanol–water partition coefficient (Wildman–Crippen LogP) is 3.99. The second kappa shape index (κ2) is 7.71. The molecule has 5 nitrogen and oxygen atoms in total. The summed E-state index contributed by atoms with van der Waals surface area (Å²) >= 11 is 11.4. The number of aromatic nitrogens is 1. The van der Waals surface area contributed by atoms with Crippen LogP contribution in [0.5, 0.6) is 0 Å². The molecule has 0 spiro atoms. The van der Waals surface area contributed by atoms with E-state index < -0.39 is 41.1 Å². The highest BCUT2D eigenvalue weighted by Gasteiger charge is 2.23. The van der Waals surface area contributed by atoms with Gasteiger partial charge >= 0.3 is 5.97 Å². The molecule has 0 aliphatic carbocycles. The van der Waals surface area contributed by atoms with Crippen molar-refractivity contribution in [2.24, 2.45) is 0 Å². The van der Waals surface area contributed by atoms with Gasteiger partial charge in [0.05, 0.1) is 10.7 Å².